The monoisotopic (exact) mass is 537 g/mol. The highest BCUT2D eigenvalue weighted by molar-refractivity contribution is 8.00. The van der Waals surface area contributed by atoms with Crippen LogP contribution in [0, 0.1) is 29.6 Å². The van der Waals surface area contributed by atoms with E-state index in [9.17, 15) is 19.2 Å². The Hall–Kier alpha value is -2.69. The Balaban J connectivity index is 1.14. The number of amides is 3. The number of thiophene rings is 1. The van der Waals surface area contributed by atoms with Crippen LogP contribution in [-0.2, 0) is 14.4 Å². The number of para-hydroxylation sites is 1. The molecule has 7 rings (SSSR count). The molecular formula is C26H23N3O4S3. The van der Waals surface area contributed by atoms with Crippen LogP contribution in [-0.4, -0.2) is 39.4 Å². The van der Waals surface area contributed by atoms with Crippen molar-refractivity contribution < 1.29 is 14.4 Å². The van der Waals surface area contributed by atoms with Crippen LogP contribution in [0.25, 0.3) is 0 Å². The molecule has 184 valence electrons. The second kappa shape index (κ2) is 8.43. The van der Waals surface area contributed by atoms with Gasteiger partial charge in [0, 0.05) is 39.6 Å². The van der Waals surface area contributed by atoms with Crippen molar-refractivity contribution in [1.29, 1.82) is 0 Å². The van der Waals surface area contributed by atoms with E-state index in [0.29, 0.717) is 5.69 Å². The Bertz CT molecular complexity index is 1420. The van der Waals surface area contributed by atoms with Crippen molar-refractivity contribution in [3.63, 3.8) is 0 Å². The summed E-state index contributed by atoms with van der Waals surface area (Å²) in [6, 6.07) is 13.3. The maximum atomic E-state index is 13.6. The van der Waals surface area contributed by atoms with Gasteiger partial charge >= 0.3 is 4.87 Å². The minimum atomic E-state index is -0.318. The number of hydrogen-bond donors (Lipinski definition) is 2. The van der Waals surface area contributed by atoms with Crippen LogP contribution >= 0.6 is 34.4 Å². The lowest BCUT2D eigenvalue weighted by Crippen LogP contribution is -2.42. The first-order chi connectivity index (χ1) is 17.5. The Labute approximate surface area is 219 Å². The Morgan fingerprint density at radius 2 is 1.81 bits per heavy atom. The zero-order valence-corrected chi connectivity index (χ0v) is 21.5. The summed E-state index contributed by atoms with van der Waals surface area (Å²) in [6.45, 7) is 0.111. The van der Waals surface area contributed by atoms with Gasteiger partial charge in [-0.3, -0.25) is 24.1 Å². The van der Waals surface area contributed by atoms with Crippen molar-refractivity contribution >= 4 is 57.8 Å². The molecule has 7 nitrogen and oxygen atoms in total. The highest BCUT2D eigenvalue weighted by Crippen LogP contribution is 2.68. The third-order valence-corrected chi connectivity index (χ3v) is 11.8. The lowest BCUT2D eigenvalue weighted by Gasteiger charge is -2.42. The fourth-order valence-corrected chi connectivity index (χ4v) is 10.9. The SMILES string of the molecule is O=C(CCN1C(=O)C2C3CC(C2C1=O)C1C(c2cccs2)c2sc(=O)[nH]c2SC31)Nc1ccccc1. The van der Waals surface area contributed by atoms with Gasteiger partial charge in [0.15, 0.2) is 0 Å². The summed E-state index contributed by atoms with van der Waals surface area (Å²) < 4.78 is 0. The summed E-state index contributed by atoms with van der Waals surface area (Å²) in [4.78, 5) is 58.5. The number of nitrogens with zero attached hydrogens (tertiary/aromatic N) is 1. The molecule has 36 heavy (non-hydrogen) atoms. The van der Waals surface area contributed by atoms with Gasteiger partial charge in [-0.05, 0) is 47.8 Å². The zero-order valence-electron chi connectivity index (χ0n) is 19.1. The zero-order chi connectivity index (χ0) is 24.6. The fourth-order valence-electron chi connectivity index (χ4n) is 7.04. The summed E-state index contributed by atoms with van der Waals surface area (Å²) in [6.07, 6.45) is 0.956. The number of thiazole rings is 1. The van der Waals surface area contributed by atoms with E-state index >= 15 is 0 Å². The highest BCUT2D eigenvalue weighted by Gasteiger charge is 2.69. The number of carbonyl (C=O) groups is 3. The van der Waals surface area contributed by atoms with Crippen LogP contribution in [0.4, 0.5) is 5.69 Å². The molecule has 2 saturated carbocycles. The van der Waals surface area contributed by atoms with Gasteiger partial charge in [-0.2, -0.15) is 0 Å². The molecule has 0 spiro atoms. The first kappa shape index (κ1) is 22.5. The molecule has 2 aromatic heterocycles. The van der Waals surface area contributed by atoms with Gasteiger partial charge in [0.05, 0.1) is 16.9 Å². The molecule has 3 fully saturated rings. The second-order valence-electron chi connectivity index (χ2n) is 9.97. The number of aromatic nitrogens is 1. The quantitative estimate of drug-likeness (QED) is 0.480. The van der Waals surface area contributed by atoms with Crippen LogP contribution in [0.2, 0.25) is 0 Å². The third kappa shape index (κ3) is 3.30. The van der Waals surface area contributed by atoms with E-state index in [4.69, 9.17) is 0 Å². The first-order valence-corrected chi connectivity index (χ1v) is 14.7. The summed E-state index contributed by atoms with van der Waals surface area (Å²) in [5.41, 5.74) is 0.697. The van der Waals surface area contributed by atoms with E-state index in [1.54, 1.807) is 23.1 Å². The average Bonchev–Trinajstić information content (AvgIpc) is 3.67. The molecule has 1 aromatic carbocycles. The van der Waals surface area contributed by atoms with Crippen LogP contribution in [0.3, 0.4) is 0 Å². The minimum absolute atomic E-state index is 0.0475. The lowest BCUT2D eigenvalue weighted by molar-refractivity contribution is -0.141. The standard InChI is InChI=1S/C26H23N3O4S3/c30-16(27-12-5-2-1-3-6-12)8-9-29-24(31)18-13-11-14(19(18)25(29)32)21-17(13)20(15-7-4-10-34-15)22-23(35-21)28-26(33)36-22/h1-7,10,13-14,17-21H,8-9,11H2,(H,27,30)(H,28,33). The van der Waals surface area contributed by atoms with E-state index in [0.717, 1.165) is 16.3 Å². The number of fused-ring (bicyclic) bond motifs is 9. The van der Waals surface area contributed by atoms with E-state index in [-0.39, 0.29) is 76.3 Å². The summed E-state index contributed by atoms with van der Waals surface area (Å²) in [7, 11) is 0. The maximum absolute atomic E-state index is 13.6. The molecule has 2 aliphatic heterocycles. The largest absolute Gasteiger partial charge is 0.326 e. The molecule has 3 aromatic rings. The number of anilines is 1. The smallest absolute Gasteiger partial charge is 0.305 e. The van der Waals surface area contributed by atoms with Gasteiger partial charge in [-0.25, -0.2) is 0 Å². The second-order valence-corrected chi connectivity index (χ2v) is 13.2. The fraction of sp³-hybridized carbons (Fsp3) is 0.385. The number of H-pyrrole nitrogens is 1. The van der Waals surface area contributed by atoms with Crippen LogP contribution < -0.4 is 10.2 Å². The molecule has 2 N–H and O–H groups in total. The van der Waals surface area contributed by atoms with Crippen molar-refractivity contribution in [2.45, 2.75) is 29.0 Å². The number of hydrogen-bond acceptors (Lipinski definition) is 7. The normalized spacial score (nSPS) is 31.9. The molecule has 7 unspecified atom stereocenters. The van der Waals surface area contributed by atoms with Gasteiger partial charge < -0.3 is 10.3 Å². The number of carbonyl (C=O) groups excluding carboxylic acids is 3. The minimum Gasteiger partial charge on any atom is -0.326 e. The number of nitrogens with one attached hydrogen (secondary N) is 2. The Morgan fingerprint density at radius 1 is 1.03 bits per heavy atom. The highest BCUT2D eigenvalue weighted by atomic mass is 32.2. The predicted octanol–water partition coefficient (Wildman–Crippen LogP) is 4.00. The molecule has 4 aliphatic rings. The van der Waals surface area contributed by atoms with Crippen molar-refractivity contribution in [1.82, 2.24) is 9.88 Å². The number of thioether (sulfide) groups is 1. The first-order valence-electron chi connectivity index (χ1n) is 12.1. The van der Waals surface area contributed by atoms with Crippen molar-refractivity contribution in [2.24, 2.45) is 29.6 Å². The van der Waals surface area contributed by atoms with Gasteiger partial charge in [0.25, 0.3) is 0 Å². The molecule has 0 radical (unpaired) electrons. The molecular weight excluding hydrogens is 515 g/mol. The predicted molar refractivity (Wildman–Crippen MR) is 139 cm³/mol. The molecule has 2 bridgehead atoms. The van der Waals surface area contributed by atoms with Gasteiger partial charge in [-0.1, -0.05) is 35.6 Å². The topological polar surface area (TPSA) is 99.3 Å². The molecule has 10 heteroatoms. The lowest BCUT2D eigenvalue weighted by atomic mass is 9.69. The number of benzene rings is 1. The van der Waals surface area contributed by atoms with E-state index in [1.807, 2.05) is 36.4 Å². The molecule has 7 atom stereocenters. The van der Waals surface area contributed by atoms with Crippen LogP contribution in [0.1, 0.15) is 28.5 Å². The van der Waals surface area contributed by atoms with E-state index < -0.39 is 0 Å². The number of imide groups is 1. The number of aromatic amines is 1. The molecule has 1 saturated heterocycles. The van der Waals surface area contributed by atoms with Crippen molar-refractivity contribution in [3.8, 4) is 0 Å². The number of likely N-dealkylation sites (tertiary alicyclic amines) is 1. The van der Waals surface area contributed by atoms with Gasteiger partial charge in [-0.15, -0.1) is 23.1 Å². The Morgan fingerprint density at radius 3 is 2.56 bits per heavy atom. The summed E-state index contributed by atoms with van der Waals surface area (Å²) >= 11 is 4.67. The van der Waals surface area contributed by atoms with Crippen LogP contribution in [0.5, 0.6) is 0 Å². The molecule has 4 heterocycles. The maximum Gasteiger partial charge on any atom is 0.305 e. The van der Waals surface area contributed by atoms with Gasteiger partial charge in [0.1, 0.15) is 0 Å². The third-order valence-electron chi connectivity index (χ3n) is 8.28. The average molecular weight is 538 g/mol. The molecule has 2 aliphatic carbocycles. The van der Waals surface area contributed by atoms with Crippen molar-refractivity contribution in [2.75, 3.05) is 11.9 Å². The van der Waals surface area contributed by atoms with Crippen LogP contribution in [0.15, 0.2) is 57.7 Å². The summed E-state index contributed by atoms with van der Waals surface area (Å²) in [5, 5.41) is 6.01. The summed E-state index contributed by atoms with van der Waals surface area (Å²) in [5.74, 6) is -0.574. The molecule has 3 amide bonds. The Kier molecular flexibility index (Phi) is 5.27. The van der Waals surface area contributed by atoms with Crippen molar-refractivity contribution in [3.05, 3.63) is 67.3 Å². The van der Waals surface area contributed by atoms with E-state index in [2.05, 4.69) is 21.7 Å². The van der Waals surface area contributed by atoms with E-state index in [1.165, 1.54) is 21.1 Å². The van der Waals surface area contributed by atoms with Gasteiger partial charge in [0.2, 0.25) is 17.7 Å². The number of rotatable bonds is 5.